The predicted molar refractivity (Wildman–Crippen MR) is 86.5 cm³/mol. The molecule has 0 N–H and O–H groups in total. The van der Waals surface area contributed by atoms with E-state index in [0.717, 1.165) is 16.7 Å². The van der Waals surface area contributed by atoms with Gasteiger partial charge in [0, 0.05) is 7.05 Å². The van der Waals surface area contributed by atoms with E-state index in [1.54, 1.807) is 7.05 Å². The monoisotopic (exact) mass is 321 g/mol. The Kier molecular flexibility index (Phi) is 4.17. The normalized spacial score (nSPS) is 12.6. The lowest BCUT2D eigenvalue weighted by molar-refractivity contribution is 0.576. The fraction of sp³-hybridized carbons (Fsp3) is 0.500. The largest absolute Gasteiger partial charge is 0.308 e. The highest BCUT2D eigenvalue weighted by molar-refractivity contribution is 7.90. The smallest absolute Gasteiger partial charge is 0.249 e. The van der Waals surface area contributed by atoms with Gasteiger partial charge in [-0.15, -0.1) is 10.2 Å². The summed E-state index contributed by atoms with van der Waals surface area (Å²) in [5, 5.41) is 7.39. The van der Waals surface area contributed by atoms with Crippen LogP contribution in [0.1, 0.15) is 43.0 Å². The second-order valence-corrected chi connectivity index (χ2v) is 8.71. The Labute approximate surface area is 132 Å². The Morgan fingerprint density at radius 3 is 2.09 bits per heavy atom. The third-order valence-corrected chi connectivity index (χ3v) is 5.44. The lowest BCUT2D eigenvalue weighted by Gasteiger charge is -2.22. The third kappa shape index (κ3) is 3.21. The van der Waals surface area contributed by atoms with Gasteiger partial charge in [-0.25, -0.2) is 8.42 Å². The molecule has 0 unspecified atom stereocenters. The number of hydrogen-bond acceptors (Lipinski definition) is 4. The number of aromatic nitrogens is 3. The molecule has 2 aromatic rings. The van der Waals surface area contributed by atoms with Crippen molar-refractivity contribution in [2.45, 2.75) is 50.9 Å². The van der Waals surface area contributed by atoms with Crippen LogP contribution in [0.4, 0.5) is 0 Å². The van der Waals surface area contributed by atoms with Crippen molar-refractivity contribution >= 4 is 9.84 Å². The molecule has 6 heteroatoms. The molecule has 0 fully saturated rings. The fourth-order valence-electron chi connectivity index (χ4n) is 2.46. The van der Waals surface area contributed by atoms with E-state index in [-0.39, 0.29) is 16.3 Å². The lowest BCUT2D eigenvalue weighted by Crippen LogP contribution is -2.15. The maximum absolute atomic E-state index is 12.5. The van der Waals surface area contributed by atoms with Crippen molar-refractivity contribution in [2.75, 3.05) is 0 Å². The summed E-state index contributed by atoms with van der Waals surface area (Å²) < 4.78 is 26.5. The van der Waals surface area contributed by atoms with E-state index in [9.17, 15) is 8.42 Å². The first-order valence-corrected chi connectivity index (χ1v) is 8.85. The van der Waals surface area contributed by atoms with Crippen molar-refractivity contribution in [3.8, 4) is 0 Å². The summed E-state index contributed by atoms with van der Waals surface area (Å²) >= 11 is 0. The van der Waals surface area contributed by atoms with E-state index in [4.69, 9.17) is 0 Å². The summed E-state index contributed by atoms with van der Waals surface area (Å²) in [6.45, 7) is 10.4. The van der Waals surface area contributed by atoms with E-state index < -0.39 is 9.84 Å². The second-order valence-electron chi connectivity index (χ2n) is 6.82. The first-order chi connectivity index (χ1) is 10.0. The van der Waals surface area contributed by atoms with Crippen LogP contribution in [0.3, 0.4) is 0 Å². The number of rotatable bonds is 3. The van der Waals surface area contributed by atoms with Crippen LogP contribution in [0.5, 0.6) is 0 Å². The molecule has 0 aliphatic heterocycles. The van der Waals surface area contributed by atoms with Gasteiger partial charge in [-0.2, -0.15) is 0 Å². The number of hydrogen-bond donors (Lipinski definition) is 0. The molecule has 120 valence electrons. The molecule has 0 aliphatic rings. The van der Waals surface area contributed by atoms with Crippen molar-refractivity contribution in [1.82, 2.24) is 14.8 Å². The zero-order valence-corrected chi connectivity index (χ0v) is 14.8. The number of benzene rings is 1. The SMILES string of the molecule is Cc1cc(C(C)(C)C)cc(C)c1CS(=O)(=O)c1nncn1C. The van der Waals surface area contributed by atoms with Crippen LogP contribution in [0, 0.1) is 13.8 Å². The van der Waals surface area contributed by atoms with Crippen molar-refractivity contribution < 1.29 is 8.42 Å². The minimum absolute atomic E-state index is 0.00574. The lowest BCUT2D eigenvalue weighted by atomic mass is 9.84. The highest BCUT2D eigenvalue weighted by Crippen LogP contribution is 2.28. The average molecular weight is 321 g/mol. The van der Waals surface area contributed by atoms with Crippen LogP contribution in [0.25, 0.3) is 0 Å². The molecule has 0 spiro atoms. The summed E-state index contributed by atoms with van der Waals surface area (Å²) in [7, 11) is -1.87. The van der Waals surface area contributed by atoms with Crippen LogP contribution in [0.15, 0.2) is 23.6 Å². The van der Waals surface area contributed by atoms with Crippen LogP contribution >= 0.6 is 0 Å². The molecule has 0 radical (unpaired) electrons. The molecule has 0 saturated carbocycles. The Bertz CT molecular complexity index is 776. The average Bonchev–Trinajstić information content (AvgIpc) is 2.79. The van der Waals surface area contributed by atoms with Crippen LogP contribution in [-0.4, -0.2) is 23.2 Å². The Hall–Kier alpha value is -1.69. The predicted octanol–water partition coefficient (Wildman–Crippen LogP) is 2.70. The first kappa shape index (κ1) is 16.7. The van der Waals surface area contributed by atoms with Crippen LogP contribution in [0.2, 0.25) is 0 Å². The van der Waals surface area contributed by atoms with E-state index in [1.807, 2.05) is 13.8 Å². The summed E-state index contributed by atoms with van der Waals surface area (Å²) in [6.07, 6.45) is 1.40. The highest BCUT2D eigenvalue weighted by Gasteiger charge is 2.24. The molecule has 1 aromatic carbocycles. The van der Waals surface area contributed by atoms with Crippen molar-refractivity contribution in [2.24, 2.45) is 7.05 Å². The van der Waals surface area contributed by atoms with Gasteiger partial charge in [0.15, 0.2) is 0 Å². The van der Waals surface area contributed by atoms with Gasteiger partial charge in [-0.3, -0.25) is 0 Å². The van der Waals surface area contributed by atoms with Gasteiger partial charge in [0.1, 0.15) is 6.33 Å². The van der Waals surface area contributed by atoms with Crippen molar-refractivity contribution in [1.29, 1.82) is 0 Å². The van der Waals surface area contributed by atoms with Gasteiger partial charge in [-0.1, -0.05) is 32.9 Å². The standard InChI is InChI=1S/C16H23N3O2S/c1-11-7-13(16(3,4)5)8-12(2)14(11)9-22(20,21)15-18-17-10-19(15)6/h7-8,10H,9H2,1-6H3. The molecule has 0 saturated heterocycles. The van der Waals surface area contributed by atoms with Crippen LogP contribution < -0.4 is 0 Å². The maximum Gasteiger partial charge on any atom is 0.249 e. The molecule has 1 aromatic heterocycles. The topological polar surface area (TPSA) is 64.8 Å². The summed E-state index contributed by atoms with van der Waals surface area (Å²) in [6, 6.07) is 4.16. The van der Waals surface area contributed by atoms with Gasteiger partial charge in [-0.05, 0) is 41.5 Å². The number of nitrogens with zero attached hydrogens (tertiary/aromatic N) is 3. The van der Waals surface area contributed by atoms with E-state index in [1.165, 1.54) is 16.5 Å². The molecule has 0 atom stereocenters. The molecular weight excluding hydrogens is 298 g/mol. The van der Waals surface area contributed by atoms with Gasteiger partial charge in [0.05, 0.1) is 5.75 Å². The Morgan fingerprint density at radius 1 is 1.14 bits per heavy atom. The van der Waals surface area contributed by atoms with Gasteiger partial charge in [0.2, 0.25) is 15.0 Å². The van der Waals surface area contributed by atoms with E-state index in [0.29, 0.717) is 0 Å². The third-order valence-electron chi connectivity index (χ3n) is 3.84. The molecule has 0 bridgehead atoms. The Balaban J connectivity index is 2.45. The molecule has 22 heavy (non-hydrogen) atoms. The molecule has 0 aliphatic carbocycles. The zero-order valence-electron chi connectivity index (χ0n) is 14.0. The molecular formula is C16H23N3O2S. The summed E-state index contributed by atoms with van der Waals surface area (Å²) in [5.41, 5.74) is 4.08. The molecule has 1 heterocycles. The molecule has 2 rings (SSSR count). The quantitative estimate of drug-likeness (QED) is 0.872. The highest BCUT2D eigenvalue weighted by atomic mass is 32.2. The van der Waals surface area contributed by atoms with Crippen molar-refractivity contribution in [3.05, 3.63) is 40.7 Å². The van der Waals surface area contributed by atoms with Gasteiger partial charge >= 0.3 is 0 Å². The summed E-state index contributed by atoms with van der Waals surface area (Å²) in [4.78, 5) is 0. The second kappa shape index (κ2) is 5.50. The number of sulfone groups is 1. The summed E-state index contributed by atoms with van der Waals surface area (Å²) in [5.74, 6) is -0.0539. The Morgan fingerprint density at radius 2 is 1.68 bits per heavy atom. The van der Waals surface area contributed by atoms with Crippen LogP contribution in [-0.2, 0) is 28.1 Å². The minimum Gasteiger partial charge on any atom is -0.308 e. The molecule has 0 amide bonds. The van der Waals surface area contributed by atoms with Crippen molar-refractivity contribution in [3.63, 3.8) is 0 Å². The zero-order chi connectivity index (χ0) is 16.7. The fourth-order valence-corrected chi connectivity index (χ4v) is 4.08. The van der Waals surface area contributed by atoms with Gasteiger partial charge < -0.3 is 4.57 Å². The van der Waals surface area contributed by atoms with E-state index >= 15 is 0 Å². The number of aryl methyl sites for hydroxylation is 3. The minimum atomic E-state index is -3.50. The van der Waals surface area contributed by atoms with E-state index in [2.05, 4.69) is 43.1 Å². The van der Waals surface area contributed by atoms with Gasteiger partial charge in [0.25, 0.3) is 0 Å². The first-order valence-electron chi connectivity index (χ1n) is 7.20. The maximum atomic E-state index is 12.5. The molecule has 5 nitrogen and oxygen atoms in total.